The predicted octanol–water partition coefficient (Wildman–Crippen LogP) is 2.38. The van der Waals surface area contributed by atoms with E-state index in [0.29, 0.717) is 11.1 Å². The summed E-state index contributed by atoms with van der Waals surface area (Å²) in [7, 11) is 3.76. The molecular weight excluding hydrogens is 288 g/mol. The molecule has 1 N–H and O–H groups in total. The molecule has 1 heterocycles. The van der Waals surface area contributed by atoms with E-state index in [4.69, 9.17) is 5.11 Å². The number of rotatable bonds is 5. The van der Waals surface area contributed by atoms with Crippen LogP contribution in [0.2, 0.25) is 0 Å². The Bertz CT molecular complexity index is 669. The molecule has 1 aromatic heterocycles. The second-order valence-electron chi connectivity index (χ2n) is 4.87. The smallest absolute Gasteiger partial charge is 0.313 e. The van der Waals surface area contributed by atoms with Gasteiger partial charge in [0.25, 0.3) is 0 Å². The molecule has 0 aliphatic heterocycles. The molecule has 2 aromatic rings. The van der Waals surface area contributed by atoms with Gasteiger partial charge in [-0.1, -0.05) is 29.5 Å². The van der Waals surface area contributed by atoms with Crippen molar-refractivity contribution in [3.63, 3.8) is 0 Å². The Labute approximate surface area is 127 Å². The first-order valence-electron chi connectivity index (χ1n) is 6.45. The Hall–Kier alpha value is -2.02. The van der Waals surface area contributed by atoms with Crippen LogP contribution in [0.3, 0.4) is 0 Å². The number of aliphatic carboxylic acids is 1. The van der Waals surface area contributed by atoms with Crippen LogP contribution in [0.15, 0.2) is 23.4 Å². The fraction of sp³-hybridized carbons (Fsp3) is 0.357. The summed E-state index contributed by atoms with van der Waals surface area (Å²) in [4.78, 5) is 12.6. The normalized spacial score (nSPS) is 10.7. The number of carboxylic acids is 1. The number of thioether (sulfide) groups is 1. The van der Waals surface area contributed by atoms with Gasteiger partial charge in [0.2, 0.25) is 5.95 Å². The summed E-state index contributed by atoms with van der Waals surface area (Å²) in [5.41, 5.74) is 3.41. The fourth-order valence-electron chi connectivity index (χ4n) is 2.14. The van der Waals surface area contributed by atoms with E-state index in [9.17, 15) is 4.79 Å². The lowest BCUT2D eigenvalue weighted by molar-refractivity contribution is -0.133. The highest BCUT2D eigenvalue weighted by atomic mass is 32.2. The zero-order chi connectivity index (χ0) is 15.6. The van der Waals surface area contributed by atoms with Gasteiger partial charge in [-0.3, -0.25) is 9.36 Å². The van der Waals surface area contributed by atoms with Crippen molar-refractivity contribution < 1.29 is 9.90 Å². The molecule has 0 amide bonds. The summed E-state index contributed by atoms with van der Waals surface area (Å²) < 4.78 is 1.80. The van der Waals surface area contributed by atoms with Gasteiger partial charge in [0.1, 0.15) is 0 Å². The molecule has 0 atom stereocenters. The maximum Gasteiger partial charge on any atom is 0.313 e. The molecule has 7 heteroatoms. The minimum Gasteiger partial charge on any atom is -0.481 e. The van der Waals surface area contributed by atoms with Gasteiger partial charge in [-0.05, 0) is 25.5 Å². The van der Waals surface area contributed by atoms with Gasteiger partial charge in [0, 0.05) is 19.8 Å². The Morgan fingerprint density at radius 1 is 1.38 bits per heavy atom. The van der Waals surface area contributed by atoms with Gasteiger partial charge in [-0.15, -0.1) is 10.2 Å². The van der Waals surface area contributed by atoms with Crippen molar-refractivity contribution in [2.75, 3.05) is 17.7 Å². The van der Waals surface area contributed by atoms with E-state index >= 15 is 0 Å². The molecule has 0 fully saturated rings. The molecule has 0 aliphatic carbocycles. The molecule has 112 valence electrons. The predicted molar refractivity (Wildman–Crippen MR) is 83.3 cm³/mol. The molecule has 0 saturated heterocycles. The van der Waals surface area contributed by atoms with E-state index in [0.717, 1.165) is 23.0 Å². The third kappa shape index (κ3) is 3.36. The number of hydrogen-bond donors (Lipinski definition) is 1. The second-order valence-corrected chi connectivity index (χ2v) is 5.82. The lowest BCUT2D eigenvalue weighted by atomic mass is 10.1. The van der Waals surface area contributed by atoms with Crippen LogP contribution in [-0.2, 0) is 11.8 Å². The van der Waals surface area contributed by atoms with Crippen LogP contribution in [0.25, 0.3) is 0 Å². The monoisotopic (exact) mass is 306 g/mol. The molecule has 1 aromatic carbocycles. The van der Waals surface area contributed by atoms with E-state index in [-0.39, 0.29) is 5.75 Å². The summed E-state index contributed by atoms with van der Waals surface area (Å²) in [5.74, 6) is -0.221. The summed E-state index contributed by atoms with van der Waals surface area (Å²) in [6.45, 7) is 4.11. The minimum absolute atomic E-state index is 0.0285. The van der Waals surface area contributed by atoms with Crippen molar-refractivity contribution in [2.45, 2.75) is 19.0 Å². The Morgan fingerprint density at radius 2 is 2.10 bits per heavy atom. The summed E-state index contributed by atoms with van der Waals surface area (Å²) >= 11 is 1.16. The molecule has 0 spiro atoms. The largest absolute Gasteiger partial charge is 0.481 e. The van der Waals surface area contributed by atoms with Crippen LogP contribution >= 0.6 is 11.8 Å². The van der Waals surface area contributed by atoms with Gasteiger partial charge in [-0.25, -0.2) is 0 Å². The highest BCUT2D eigenvalue weighted by molar-refractivity contribution is 7.99. The summed E-state index contributed by atoms with van der Waals surface area (Å²) in [6, 6.07) is 6.21. The molecular formula is C14H18N4O2S. The zero-order valence-electron chi connectivity index (χ0n) is 12.5. The first-order valence-corrected chi connectivity index (χ1v) is 7.43. The van der Waals surface area contributed by atoms with Crippen LogP contribution < -0.4 is 4.90 Å². The number of carboxylic acid groups (broad SMARTS) is 1. The average molecular weight is 306 g/mol. The fourth-order valence-corrected chi connectivity index (χ4v) is 2.77. The SMILES string of the molecule is Cc1ccc(N(C)c2nnc(SCC(=O)O)n2C)c(C)c1. The van der Waals surface area contributed by atoms with Crippen molar-refractivity contribution in [2.24, 2.45) is 7.05 Å². The molecule has 0 aliphatic rings. The number of carbonyl (C=O) groups is 1. The highest BCUT2D eigenvalue weighted by Crippen LogP contribution is 2.28. The quantitative estimate of drug-likeness (QED) is 0.855. The standard InChI is InChI=1S/C14H18N4O2S/c1-9-5-6-11(10(2)7-9)17(3)13-15-16-14(18(13)4)21-8-12(19)20/h5-7H,8H2,1-4H3,(H,19,20). The van der Waals surface area contributed by atoms with E-state index in [1.807, 2.05) is 25.1 Å². The van der Waals surface area contributed by atoms with Crippen LogP contribution in [0, 0.1) is 13.8 Å². The topological polar surface area (TPSA) is 71.2 Å². The lowest BCUT2D eigenvalue weighted by Crippen LogP contribution is -2.15. The summed E-state index contributed by atoms with van der Waals surface area (Å²) in [5, 5.41) is 17.5. The zero-order valence-corrected chi connectivity index (χ0v) is 13.3. The number of benzene rings is 1. The first-order chi connectivity index (χ1) is 9.90. The van der Waals surface area contributed by atoms with E-state index in [1.54, 1.807) is 4.57 Å². The number of aryl methyl sites for hydroxylation is 2. The van der Waals surface area contributed by atoms with Gasteiger partial charge in [-0.2, -0.15) is 0 Å². The van der Waals surface area contributed by atoms with E-state index < -0.39 is 5.97 Å². The van der Waals surface area contributed by atoms with Crippen molar-refractivity contribution in [3.8, 4) is 0 Å². The van der Waals surface area contributed by atoms with Crippen LogP contribution in [0.5, 0.6) is 0 Å². The van der Waals surface area contributed by atoms with Gasteiger partial charge >= 0.3 is 5.97 Å². The van der Waals surface area contributed by atoms with Crippen LogP contribution in [0.1, 0.15) is 11.1 Å². The van der Waals surface area contributed by atoms with Crippen molar-refractivity contribution in [3.05, 3.63) is 29.3 Å². The van der Waals surface area contributed by atoms with Gasteiger partial charge in [0.05, 0.1) is 5.75 Å². The van der Waals surface area contributed by atoms with Crippen molar-refractivity contribution in [1.29, 1.82) is 0 Å². The lowest BCUT2D eigenvalue weighted by Gasteiger charge is -2.20. The van der Waals surface area contributed by atoms with E-state index in [1.165, 1.54) is 5.56 Å². The molecule has 6 nitrogen and oxygen atoms in total. The first kappa shape index (κ1) is 15.4. The van der Waals surface area contributed by atoms with E-state index in [2.05, 4.69) is 36.2 Å². The maximum atomic E-state index is 10.6. The number of hydrogen-bond acceptors (Lipinski definition) is 5. The Morgan fingerprint density at radius 3 is 2.71 bits per heavy atom. The highest BCUT2D eigenvalue weighted by Gasteiger charge is 2.16. The average Bonchev–Trinajstić information content (AvgIpc) is 2.77. The molecule has 0 saturated carbocycles. The molecule has 21 heavy (non-hydrogen) atoms. The van der Waals surface area contributed by atoms with Gasteiger partial charge in [0.15, 0.2) is 5.16 Å². The molecule has 2 rings (SSSR count). The third-order valence-electron chi connectivity index (χ3n) is 3.15. The summed E-state index contributed by atoms with van der Waals surface area (Å²) in [6.07, 6.45) is 0. The van der Waals surface area contributed by atoms with Crippen molar-refractivity contribution >= 4 is 29.4 Å². The molecule has 0 bridgehead atoms. The number of aromatic nitrogens is 3. The minimum atomic E-state index is -0.868. The molecule has 0 unspecified atom stereocenters. The third-order valence-corrected chi connectivity index (χ3v) is 4.16. The number of nitrogens with zero attached hydrogens (tertiary/aromatic N) is 4. The van der Waals surface area contributed by atoms with Gasteiger partial charge < -0.3 is 10.0 Å². The second kappa shape index (κ2) is 6.17. The number of anilines is 2. The Balaban J connectivity index is 2.27. The Kier molecular flexibility index (Phi) is 4.52. The van der Waals surface area contributed by atoms with Crippen LogP contribution in [-0.4, -0.2) is 38.6 Å². The van der Waals surface area contributed by atoms with Crippen molar-refractivity contribution in [1.82, 2.24) is 14.8 Å². The van der Waals surface area contributed by atoms with Crippen LogP contribution in [0.4, 0.5) is 11.6 Å². The maximum absolute atomic E-state index is 10.6. The molecule has 0 radical (unpaired) electrons.